The van der Waals surface area contributed by atoms with Gasteiger partial charge in [0, 0.05) is 55.8 Å². The highest BCUT2D eigenvalue weighted by Gasteiger charge is 2.50. The topological polar surface area (TPSA) is 73.0 Å². The second-order valence-electron chi connectivity index (χ2n) is 8.27. The average Bonchev–Trinajstić information content (AvgIpc) is 2.86. The van der Waals surface area contributed by atoms with E-state index in [2.05, 4.69) is 28.2 Å². The van der Waals surface area contributed by atoms with Gasteiger partial charge in [0.2, 0.25) is 11.8 Å². The summed E-state index contributed by atoms with van der Waals surface area (Å²) in [4.78, 5) is 42.5. The van der Waals surface area contributed by atoms with Gasteiger partial charge < -0.3 is 14.7 Å². The Morgan fingerprint density at radius 1 is 1.12 bits per heavy atom. The third kappa shape index (κ3) is 2.26. The summed E-state index contributed by atoms with van der Waals surface area (Å²) in [6.07, 6.45) is 0.686. The molecule has 3 saturated heterocycles. The minimum atomic E-state index is -0.547. The third-order valence-electron chi connectivity index (χ3n) is 6.14. The van der Waals surface area contributed by atoms with Gasteiger partial charge in [0.05, 0.1) is 0 Å². The van der Waals surface area contributed by atoms with E-state index >= 15 is 0 Å². The molecule has 136 valence electrons. The number of rotatable bonds is 2. The number of carbonyl (C=O) groups is 3. The summed E-state index contributed by atoms with van der Waals surface area (Å²) in [6.45, 7) is 4.91. The maximum Gasteiger partial charge on any atom is 0.255 e. The van der Waals surface area contributed by atoms with Crippen LogP contribution in [0.5, 0.6) is 0 Å². The van der Waals surface area contributed by atoms with Crippen LogP contribution in [0.1, 0.15) is 28.8 Å². The number of likely N-dealkylation sites (tertiary alicyclic amines) is 1. The fourth-order valence-electron chi connectivity index (χ4n) is 5.00. The van der Waals surface area contributed by atoms with Crippen molar-refractivity contribution in [3.63, 3.8) is 0 Å². The van der Waals surface area contributed by atoms with Crippen LogP contribution in [0.2, 0.25) is 0 Å². The summed E-state index contributed by atoms with van der Waals surface area (Å²) in [5.74, 6) is -0.728. The van der Waals surface area contributed by atoms with Crippen LogP contribution >= 0.6 is 0 Å². The van der Waals surface area contributed by atoms with Crippen molar-refractivity contribution < 1.29 is 14.4 Å². The molecule has 7 nitrogen and oxygen atoms in total. The monoisotopic (exact) mass is 354 g/mol. The first kappa shape index (κ1) is 15.8. The molecule has 7 heteroatoms. The number of piperidine rings is 1. The lowest BCUT2D eigenvalue weighted by Crippen LogP contribution is -2.71. The number of hydrogen-bond acceptors (Lipinski definition) is 5. The first-order chi connectivity index (χ1) is 12.4. The van der Waals surface area contributed by atoms with Gasteiger partial charge in [-0.1, -0.05) is 0 Å². The zero-order chi connectivity index (χ0) is 18.1. The standard InChI is InChI=1S/C19H22N4O3/c1-21-8-19(9-21)10-22(11-19)13-2-3-14-12(6-13)7-23(18(14)26)15-4-5-16(24)20-17(15)25/h2-3,6,15H,4-5,7-11H2,1H3,(H,20,24,25). The van der Waals surface area contributed by atoms with Gasteiger partial charge in [0.25, 0.3) is 5.91 Å². The molecule has 1 aromatic rings. The molecule has 4 heterocycles. The van der Waals surface area contributed by atoms with Gasteiger partial charge in [-0.3, -0.25) is 19.7 Å². The van der Waals surface area contributed by atoms with Crippen molar-refractivity contribution in [1.29, 1.82) is 0 Å². The van der Waals surface area contributed by atoms with Crippen molar-refractivity contribution in [2.45, 2.75) is 25.4 Å². The molecule has 3 amide bonds. The van der Waals surface area contributed by atoms with Crippen LogP contribution in [0.3, 0.4) is 0 Å². The van der Waals surface area contributed by atoms with Crippen molar-refractivity contribution in [3.8, 4) is 0 Å². The lowest BCUT2D eigenvalue weighted by Gasteiger charge is -2.60. The first-order valence-corrected chi connectivity index (χ1v) is 9.15. The van der Waals surface area contributed by atoms with Crippen molar-refractivity contribution in [3.05, 3.63) is 29.3 Å². The molecular formula is C19H22N4O3. The molecule has 1 N–H and O–H groups in total. The summed E-state index contributed by atoms with van der Waals surface area (Å²) in [6, 6.07) is 5.44. The van der Waals surface area contributed by atoms with Gasteiger partial charge in [-0.05, 0) is 37.2 Å². The van der Waals surface area contributed by atoms with Gasteiger partial charge in [-0.25, -0.2) is 0 Å². The van der Waals surface area contributed by atoms with E-state index in [4.69, 9.17) is 0 Å². The maximum atomic E-state index is 12.7. The van der Waals surface area contributed by atoms with E-state index in [1.165, 1.54) is 0 Å². The minimum Gasteiger partial charge on any atom is -0.370 e. The molecule has 1 aromatic carbocycles. The van der Waals surface area contributed by atoms with Crippen LogP contribution in [0.25, 0.3) is 0 Å². The predicted octanol–water partition coefficient (Wildman–Crippen LogP) is 0.199. The van der Waals surface area contributed by atoms with E-state index in [9.17, 15) is 14.4 Å². The van der Waals surface area contributed by atoms with Crippen molar-refractivity contribution >= 4 is 23.4 Å². The summed E-state index contributed by atoms with van der Waals surface area (Å²) >= 11 is 0. The fraction of sp³-hybridized carbons (Fsp3) is 0.526. The molecule has 1 spiro atoms. The van der Waals surface area contributed by atoms with Crippen molar-refractivity contribution in [1.82, 2.24) is 15.1 Å². The Kier molecular flexibility index (Phi) is 3.22. The van der Waals surface area contributed by atoms with Gasteiger partial charge in [-0.2, -0.15) is 0 Å². The Morgan fingerprint density at radius 3 is 2.58 bits per heavy atom. The van der Waals surface area contributed by atoms with E-state index in [0.717, 1.165) is 37.4 Å². The van der Waals surface area contributed by atoms with Gasteiger partial charge in [-0.15, -0.1) is 0 Å². The molecule has 5 rings (SSSR count). The molecule has 0 bridgehead atoms. The van der Waals surface area contributed by atoms with Crippen LogP contribution in [0.4, 0.5) is 5.69 Å². The normalized spacial score (nSPS) is 27.3. The van der Waals surface area contributed by atoms with E-state index in [1.807, 2.05) is 12.1 Å². The number of nitrogens with zero attached hydrogens (tertiary/aromatic N) is 3. The van der Waals surface area contributed by atoms with E-state index < -0.39 is 6.04 Å². The summed E-state index contributed by atoms with van der Waals surface area (Å²) in [7, 11) is 2.15. The Morgan fingerprint density at radius 2 is 1.88 bits per heavy atom. The van der Waals surface area contributed by atoms with Crippen molar-refractivity contribution in [2.75, 3.05) is 38.1 Å². The number of fused-ring (bicyclic) bond motifs is 1. The number of nitrogens with one attached hydrogen (secondary N) is 1. The number of benzene rings is 1. The number of amides is 3. The third-order valence-corrected chi connectivity index (χ3v) is 6.14. The summed E-state index contributed by atoms with van der Waals surface area (Å²) < 4.78 is 0. The van der Waals surface area contributed by atoms with E-state index in [-0.39, 0.29) is 24.1 Å². The molecule has 3 fully saturated rings. The lowest BCUT2D eigenvalue weighted by atomic mass is 9.73. The fourth-order valence-corrected chi connectivity index (χ4v) is 5.00. The zero-order valence-electron chi connectivity index (χ0n) is 14.8. The smallest absolute Gasteiger partial charge is 0.255 e. The van der Waals surface area contributed by atoms with Gasteiger partial charge in [0.1, 0.15) is 6.04 Å². The lowest BCUT2D eigenvalue weighted by molar-refractivity contribution is -0.136. The zero-order valence-corrected chi connectivity index (χ0v) is 14.8. The highest BCUT2D eigenvalue weighted by atomic mass is 16.2. The SMILES string of the molecule is CN1CC2(C1)CN(c1ccc3c(c1)CN(C1CCC(=O)NC1=O)C3=O)C2. The number of anilines is 1. The van der Waals surface area contributed by atoms with Gasteiger partial charge in [0.15, 0.2) is 0 Å². The second kappa shape index (κ2) is 5.30. The number of hydrogen-bond donors (Lipinski definition) is 1. The maximum absolute atomic E-state index is 12.7. The molecule has 4 aliphatic heterocycles. The number of carbonyl (C=O) groups excluding carboxylic acids is 3. The largest absolute Gasteiger partial charge is 0.370 e. The van der Waals surface area contributed by atoms with Crippen LogP contribution in [0.15, 0.2) is 18.2 Å². The van der Waals surface area contributed by atoms with E-state index in [1.54, 1.807) is 4.90 Å². The summed E-state index contributed by atoms with van der Waals surface area (Å²) in [5, 5.41) is 2.34. The number of imide groups is 1. The molecule has 0 aliphatic carbocycles. The van der Waals surface area contributed by atoms with Gasteiger partial charge >= 0.3 is 0 Å². The van der Waals surface area contributed by atoms with Crippen LogP contribution in [0, 0.1) is 5.41 Å². The molecule has 4 aliphatic rings. The second-order valence-corrected chi connectivity index (χ2v) is 8.27. The Balaban J connectivity index is 1.32. The Hall–Kier alpha value is -2.41. The predicted molar refractivity (Wildman–Crippen MR) is 94.6 cm³/mol. The molecule has 1 unspecified atom stereocenters. The highest BCUT2D eigenvalue weighted by molar-refractivity contribution is 6.05. The first-order valence-electron chi connectivity index (χ1n) is 9.15. The molecular weight excluding hydrogens is 332 g/mol. The average molecular weight is 354 g/mol. The highest BCUT2D eigenvalue weighted by Crippen LogP contribution is 2.42. The Labute approximate surface area is 151 Å². The molecule has 0 saturated carbocycles. The van der Waals surface area contributed by atoms with Crippen LogP contribution in [-0.4, -0.2) is 66.8 Å². The Bertz CT molecular complexity index is 822. The quantitative estimate of drug-likeness (QED) is 0.768. The summed E-state index contributed by atoms with van der Waals surface area (Å²) in [5.41, 5.74) is 3.27. The minimum absolute atomic E-state index is 0.109. The van der Waals surface area contributed by atoms with Crippen LogP contribution in [-0.2, 0) is 16.1 Å². The molecule has 1 atom stereocenters. The molecule has 0 radical (unpaired) electrons. The van der Waals surface area contributed by atoms with Crippen molar-refractivity contribution in [2.24, 2.45) is 5.41 Å². The molecule has 26 heavy (non-hydrogen) atoms. The molecule has 0 aromatic heterocycles. The van der Waals surface area contributed by atoms with Crippen LogP contribution < -0.4 is 10.2 Å². The van der Waals surface area contributed by atoms with E-state index in [0.29, 0.717) is 23.9 Å².